The van der Waals surface area contributed by atoms with Gasteiger partial charge in [0, 0.05) is 0 Å². The third-order valence-electron chi connectivity index (χ3n) is 3.15. The third-order valence-corrected chi connectivity index (χ3v) is 3.15. The van der Waals surface area contributed by atoms with Crippen LogP contribution < -0.4 is 9.47 Å². The van der Waals surface area contributed by atoms with Crippen LogP contribution in [0.2, 0.25) is 0 Å². The van der Waals surface area contributed by atoms with Gasteiger partial charge in [-0.2, -0.15) is 0 Å². The fourth-order valence-corrected chi connectivity index (χ4v) is 2.05. The Hall–Kier alpha value is -2.82. The third kappa shape index (κ3) is 5.12. The molecule has 0 saturated heterocycles. The van der Waals surface area contributed by atoms with Crippen LogP contribution in [0.25, 0.3) is 0 Å². The van der Waals surface area contributed by atoms with E-state index in [1.54, 1.807) is 63.4 Å². The van der Waals surface area contributed by atoms with Gasteiger partial charge in [-0.1, -0.05) is 18.2 Å². The van der Waals surface area contributed by atoms with Crippen LogP contribution in [-0.4, -0.2) is 25.2 Å². The highest BCUT2D eigenvalue weighted by Gasteiger charge is 2.12. The van der Waals surface area contributed by atoms with E-state index < -0.39 is 11.9 Å². The van der Waals surface area contributed by atoms with E-state index >= 15 is 0 Å². The van der Waals surface area contributed by atoms with Crippen LogP contribution in [0.4, 0.5) is 0 Å². The molecule has 2 aromatic carbocycles. The molecule has 0 heterocycles. The lowest BCUT2D eigenvalue weighted by atomic mass is 10.1. The van der Waals surface area contributed by atoms with E-state index in [9.17, 15) is 9.59 Å². The van der Waals surface area contributed by atoms with Crippen molar-refractivity contribution < 1.29 is 23.8 Å². The Labute approximate surface area is 141 Å². The van der Waals surface area contributed by atoms with Gasteiger partial charge in [-0.3, -0.25) is 4.79 Å². The van der Waals surface area contributed by atoms with Crippen molar-refractivity contribution >= 4 is 11.9 Å². The molecular weight excluding hydrogens is 308 g/mol. The first-order valence-electron chi connectivity index (χ1n) is 7.62. The molecule has 0 fully saturated rings. The predicted molar refractivity (Wildman–Crippen MR) is 89.3 cm³/mol. The quantitative estimate of drug-likeness (QED) is 0.601. The minimum absolute atomic E-state index is 0.130. The van der Waals surface area contributed by atoms with Gasteiger partial charge in [-0.15, -0.1) is 0 Å². The molecule has 5 heteroatoms. The van der Waals surface area contributed by atoms with Crippen molar-refractivity contribution in [2.45, 2.75) is 26.4 Å². The summed E-state index contributed by atoms with van der Waals surface area (Å²) >= 11 is 0. The molecule has 2 rings (SSSR count). The van der Waals surface area contributed by atoms with Crippen molar-refractivity contribution in [1.29, 1.82) is 0 Å². The van der Waals surface area contributed by atoms with Crippen molar-refractivity contribution in [3.63, 3.8) is 0 Å². The van der Waals surface area contributed by atoms with Crippen molar-refractivity contribution in [3.8, 4) is 11.5 Å². The maximum atomic E-state index is 12.0. The molecule has 2 aromatic rings. The van der Waals surface area contributed by atoms with Crippen molar-refractivity contribution in [2.75, 3.05) is 7.11 Å². The molecule has 0 aliphatic rings. The number of carbonyl (C=O) groups is 2. The smallest absolute Gasteiger partial charge is 0.338 e. The summed E-state index contributed by atoms with van der Waals surface area (Å²) in [6, 6.07) is 13.6. The zero-order valence-electron chi connectivity index (χ0n) is 13.9. The number of hydrogen-bond acceptors (Lipinski definition) is 5. The van der Waals surface area contributed by atoms with Crippen LogP contribution in [0.3, 0.4) is 0 Å². The fourth-order valence-electron chi connectivity index (χ4n) is 2.05. The van der Waals surface area contributed by atoms with Gasteiger partial charge in [0.1, 0.15) is 11.5 Å². The van der Waals surface area contributed by atoms with Crippen molar-refractivity contribution in [3.05, 3.63) is 59.7 Å². The van der Waals surface area contributed by atoms with Gasteiger partial charge in [0.05, 0.1) is 25.2 Å². The Balaban J connectivity index is 1.99. The first-order valence-corrected chi connectivity index (χ1v) is 7.62. The standard InChI is InChI=1S/C19H20O5/c1-13(2)23-19(21)15-5-4-6-17(12-15)24-18(20)11-14-7-9-16(22-3)10-8-14/h4-10,12-13H,11H2,1-3H3. The van der Waals surface area contributed by atoms with Gasteiger partial charge < -0.3 is 14.2 Å². The molecule has 126 valence electrons. The summed E-state index contributed by atoms with van der Waals surface area (Å²) in [7, 11) is 1.58. The normalized spacial score (nSPS) is 10.3. The van der Waals surface area contributed by atoms with Crippen LogP contribution in [0.5, 0.6) is 11.5 Å². The second-order valence-electron chi connectivity index (χ2n) is 5.48. The molecule has 5 nitrogen and oxygen atoms in total. The van der Waals surface area contributed by atoms with Crippen LogP contribution in [0, 0.1) is 0 Å². The van der Waals surface area contributed by atoms with Crippen LogP contribution in [-0.2, 0) is 16.0 Å². The molecule has 0 radical (unpaired) electrons. The van der Waals surface area contributed by atoms with Crippen LogP contribution in [0.15, 0.2) is 48.5 Å². The minimum Gasteiger partial charge on any atom is -0.497 e. The average Bonchev–Trinajstić information content (AvgIpc) is 2.55. The topological polar surface area (TPSA) is 61.8 Å². The molecule has 0 saturated carbocycles. The molecule has 24 heavy (non-hydrogen) atoms. The number of benzene rings is 2. The van der Waals surface area contributed by atoms with Crippen molar-refractivity contribution in [1.82, 2.24) is 0 Å². The lowest BCUT2D eigenvalue weighted by Gasteiger charge is -2.09. The molecule has 0 aromatic heterocycles. The molecule has 0 unspecified atom stereocenters. The number of ether oxygens (including phenoxy) is 3. The largest absolute Gasteiger partial charge is 0.497 e. The van der Waals surface area contributed by atoms with Crippen LogP contribution >= 0.6 is 0 Å². The SMILES string of the molecule is COc1ccc(CC(=O)Oc2cccc(C(=O)OC(C)C)c2)cc1. The molecule has 0 bridgehead atoms. The predicted octanol–water partition coefficient (Wildman–Crippen LogP) is 3.41. The highest BCUT2D eigenvalue weighted by atomic mass is 16.5. The van der Waals surface area contributed by atoms with Gasteiger partial charge in [-0.05, 0) is 49.7 Å². The highest BCUT2D eigenvalue weighted by Crippen LogP contribution is 2.17. The molecule has 0 amide bonds. The highest BCUT2D eigenvalue weighted by molar-refractivity contribution is 5.90. The maximum absolute atomic E-state index is 12.0. The molecule has 0 N–H and O–H groups in total. The molecule has 0 aliphatic heterocycles. The lowest BCUT2D eigenvalue weighted by molar-refractivity contribution is -0.133. The van der Waals surface area contributed by atoms with E-state index in [1.807, 2.05) is 0 Å². The first kappa shape index (κ1) is 17.5. The summed E-state index contributed by atoms with van der Waals surface area (Å²) in [5.74, 6) is 0.183. The molecule has 0 atom stereocenters. The number of esters is 2. The van der Waals surface area contributed by atoms with Gasteiger partial charge in [0.2, 0.25) is 0 Å². The van der Waals surface area contributed by atoms with Crippen LogP contribution in [0.1, 0.15) is 29.8 Å². The Kier molecular flexibility index (Phi) is 5.95. The number of rotatable bonds is 6. The monoisotopic (exact) mass is 328 g/mol. The van der Waals surface area contributed by atoms with Crippen molar-refractivity contribution in [2.24, 2.45) is 0 Å². The van der Waals surface area contributed by atoms with E-state index in [-0.39, 0.29) is 12.5 Å². The van der Waals surface area contributed by atoms with Gasteiger partial charge in [0.15, 0.2) is 0 Å². The van der Waals surface area contributed by atoms with E-state index in [0.29, 0.717) is 11.3 Å². The Morgan fingerprint density at radius 2 is 1.71 bits per heavy atom. The molecular formula is C19H20O5. The summed E-state index contributed by atoms with van der Waals surface area (Å²) in [5, 5.41) is 0. The fraction of sp³-hybridized carbons (Fsp3) is 0.263. The zero-order valence-corrected chi connectivity index (χ0v) is 13.9. The maximum Gasteiger partial charge on any atom is 0.338 e. The molecule has 0 aliphatic carbocycles. The van der Waals surface area contributed by atoms with E-state index in [2.05, 4.69) is 0 Å². The van der Waals surface area contributed by atoms with Gasteiger partial charge >= 0.3 is 11.9 Å². The summed E-state index contributed by atoms with van der Waals surface area (Å²) in [6.07, 6.45) is -0.0798. The van der Waals surface area contributed by atoms with Gasteiger partial charge in [-0.25, -0.2) is 4.79 Å². The number of hydrogen-bond donors (Lipinski definition) is 0. The second-order valence-corrected chi connectivity index (χ2v) is 5.48. The van der Waals surface area contributed by atoms with E-state index in [4.69, 9.17) is 14.2 Å². The summed E-state index contributed by atoms with van der Waals surface area (Å²) < 4.78 is 15.5. The Morgan fingerprint density at radius 3 is 2.33 bits per heavy atom. The number of methoxy groups -OCH3 is 1. The summed E-state index contributed by atoms with van der Waals surface area (Å²) in [6.45, 7) is 3.55. The van der Waals surface area contributed by atoms with E-state index in [1.165, 1.54) is 6.07 Å². The Bertz CT molecular complexity index is 704. The second kappa shape index (κ2) is 8.15. The first-order chi connectivity index (χ1) is 11.5. The molecule has 0 spiro atoms. The van der Waals surface area contributed by atoms with E-state index in [0.717, 1.165) is 11.3 Å². The zero-order chi connectivity index (χ0) is 17.5. The number of carbonyl (C=O) groups excluding carboxylic acids is 2. The minimum atomic E-state index is -0.446. The summed E-state index contributed by atoms with van der Waals surface area (Å²) in [5.41, 5.74) is 1.16. The average molecular weight is 328 g/mol. The Morgan fingerprint density at radius 1 is 1.00 bits per heavy atom. The lowest BCUT2D eigenvalue weighted by Crippen LogP contribution is -2.13. The van der Waals surface area contributed by atoms with Gasteiger partial charge in [0.25, 0.3) is 0 Å². The summed E-state index contributed by atoms with van der Waals surface area (Å²) in [4.78, 5) is 23.9.